The monoisotopic (exact) mass is 391 g/mol. The van der Waals surface area contributed by atoms with Crippen molar-refractivity contribution < 1.29 is 4.79 Å². The Morgan fingerprint density at radius 3 is 2.20 bits per heavy atom. The van der Waals surface area contributed by atoms with Crippen molar-refractivity contribution in [2.45, 2.75) is 6.92 Å². The first-order valence-corrected chi connectivity index (χ1v) is 9.95. The molecule has 1 aliphatic heterocycles. The van der Waals surface area contributed by atoms with Crippen molar-refractivity contribution in [2.75, 3.05) is 5.01 Å². The van der Waals surface area contributed by atoms with E-state index in [1.165, 1.54) is 5.01 Å². The normalized spacial score (nSPS) is 15.3. The largest absolute Gasteiger partial charge is 0.343 e. The van der Waals surface area contributed by atoms with Gasteiger partial charge in [-0.25, -0.2) is 0 Å². The Balaban J connectivity index is 1.70. The van der Waals surface area contributed by atoms with Gasteiger partial charge in [0.25, 0.3) is 5.91 Å². The van der Waals surface area contributed by atoms with E-state index in [2.05, 4.69) is 41.0 Å². The van der Waals surface area contributed by atoms with Crippen LogP contribution in [0.15, 0.2) is 95.6 Å². The van der Waals surface area contributed by atoms with Crippen molar-refractivity contribution >= 4 is 34.3 Å². The summed E-state index contributed by atoms with van der Waals surface area (Å²) < 4.78 is 2.19. The maximum atomic E-state index is 13.2. The summed E-state index contributed by atoms with van der Waals surface area (Å²) in [6.45, 7) is 1.89. The molecule has 2 heterocycles. The van der Waals surface area contributed by atoms with Crippen molar-refractivity contribution in [3.05, 3.63) is 96.1 Å². The lowest BCUT2D eigenvalue weighted by molar-refractivity contribution is -0.114. The van der Waals surface area contributed by atoms with E-state index in [1.54, 1.807) is 0 Å². The van der Waals surface area contributed by atoms with Crippen LogP contribution in [-0.4, -0.2) is 16.2 Å². The Hall–Kier alpha value is -3.92. The van der Waals surface area contributed by atoms with Crippen molar-refractivity contribution in [3.63, 3.8) is 0 Å². The molecular weight excluding hydrogens is 370 g/mol. The lowest BCUT2D eigenvalue weighted by atomic mass is 10.0. The van der Waals surface area contributed by atoms with Gasteiger partial charge in [0, 0.05) is 23.5 Å². The Bertz CT molecular complexity index is 1310. The summed E-state index contributed by atoms with van der Waals surface area (Å²) in [5, 5.41) is 7.13. The number of benzene rings is 3. The van der Waals surface area contributed by atoms with Gasteiger partial charge in [0.1, 0.15) is 0 Å². The molecule has 1 aliphatic rings. The second kappa shape index (κ2) is 7.16. The van der Waals surface area contributed by atoms with Crippen LogP contribution in [-0.2, 0) is 11.8 Å². The number of hydrogen-bond acceptors (Lipinski definition) is 2. The number of rotatable bonds is 3. The molecule has 0 N–H and O–H groups in total. The van der Waals surface area contributed by atoms with Crippen molar-refractivity contribution in [2.24, 2.45) is 12.1 Å². The van der Waals surface area contributed by atoms with Crippen molar-refractivity contribution in [1.82, 2.24) is 4.57 Å². The van der Waals surface area contributed by atoms with Crippen LogP contribution in [0.25, 0.3) is 28.2 Å². The molecule has 0 fully saturated rings. The van der Waals surface area contributed by atoms with Crippen LogP contribution in [0.2, 0.25) is 0 Å². The van der Waals surface area contributed by atoms with Crippen LogP contribution >= 0.6 is 0 Å². The van der Waals surface area contributed by atoms with Crippen molar-refractivity contribution in [1.29, 1.82) is 0 Å². The Labute approximate surface area is 175 Å². The molecule has 5 rings (SSSR count). The Morgan fingerprint density at radius 1 is 0.833 bits per heavy atom. The predicted molar refractivity (Wildman–Crippen MR) is 123 cm³/mol. The third-order valence-electron chi connectivity index (χ3n) is 5.55. The molecule has 0 unspecified atom stereocenters. The molecule has 0 saturated heterocycles. The maximum Gasteiger partial charge on any atom is 0.280 e. The van der Waals surface area contributed by atoms with Gasteiger partial charge < -0.3 is 4.57 Å². The van der Waals surface area contributed by atoms with Gasteiger partial charge >= 0.3 is 0 Å². The summed E-state index contributed by atoms with van der Waals surface area (Å²) in [5.41, 5.74) is 6.47. The zero-order valence-corrected chi connectivity index (χ0v) is 16.9. The molecule has 146 valence electrons. The number of aromatic nitrogens is 1. The second-order valence-electron chi connectivity index (χ2n) is 7.40. The number of carbonyl (C=O) groups is 1. The third-order valence-corrected chi connectivity index (χ3v) is 5.55. The van der Waals surface area contributed by atoms with Crippen LogP contribution in [0.4, 0.5) is 5.69 Å². The molecule has 0 atom stereocenters. The first-order chi connectivity index (χ1) is 14.6. The molecule has 3 aromatic carbocycles. The highest BCUT2D eigenvalue weighted by atomic mass is 16.2. The van der Waals surface area contributed by atoms with Gasteiger partial charge in [-0.05, 0) is 36.8 Å². The minimum atomic E-state index is -0.106. The van der Waals surface area contributed by atoms with Gasteiger partial charge in [-0.1, -0.05) is 66.7 Å². The Morgan fingerprint density at radius 2 is 1.47 bits per heavy atom. The van der Waals surface area contributed by atoms with Crippen LogP contribution in [0.1, 0.15) is 12.5 Å². The van der Waals surface area contributed by atoms with E-state index in [1.807, 2.05) is 73.7 Å². The summed E-state index contributed by atoms with van der Waals surface area (Å²) >= 11 is 0. The predicted octanol–water partition coefficient (Wildman–Crippen LogP) is 5.65. The van der Waals surface area contributed by atoms with Crippen LogP contribution in [0, 0.1) is 0 Å². The molecule has 0 radical (unpaired) electrons. The minimum absolute atomic E-state index is 0.106. The number of para-hydroxylation sites is 2. The highest BCUT2D eigenvalue weighted by Crippen LogP contribution is 2.36. The Kier molecular flexibility index (Phi) is 4.32. The molecule has 4 nitrogen and oxygen atoms in total. The average Bonchev–Trinajstić information content (AvgIpc) is 3.23. The molecule has 0 bridgehead atoms. The maximum absolute atomic E-state index is 13.2. The van der Waals surface area contributed by atoms with Crippen LogP contribution in [0.3, 0.4) is 0 Å². The zero-order chi connectivity index (χ0) is 20.7. The van der Waals surface area contributed by atoms with E-state index >= 15 is 0 Å². The van der Waals surface area contributed by atoms with E-state index < -0.39 is 0 Å². The topological polar surface area (TPSA) is 37.6 Å². The van der Waals surface area contributed by atoms with Gasteiger partial charge in [-0.15, -0.1) is 0 Å². The van der Waals surface area contributed by atoms with Gasteiger partial charge in [-0.3, -0.25) is 4.79 Å². The number of aryl methyl sites for hydroxylation is 1. The minimum Gasteiger partial charge on any atom is -0.343 e. The number of carbonyl (C=O) groups excluding carboxylic acids is 1. The van der Waals surface area contributed by atoms with Gasteiger partial charge in [0.05, 0.1) is 22.7 Å². The average molecular weight is 391 g/mol. The first kappa shape index (κ1) is 18.1. The molecule has 30 heavy (non-hydrogen) atoms. The molecule has 4 aromatic rings. The zero-order valence-electron chi connectivity index (χ0n) is 16.9. The summed E-state index contributed by atoms with van der Waals surface area (Å²) in [6.07, 6.45) is 1.99. The number of hydrazone groups is 1. The molecule has 1 aromatic heterocycles. The quantitative estimate of drug-likeness (QED) is 0.416. The van der Waals surface area contributed by atoms with E-state index in [0.29, 0.717) is 5.57 Å². The molecule has 1 amide bonds. The van der Waals surface area contributed by atoms with Gasteiger partial charge in [-0.2, -0.15) is 10.1 Å². The molecule has 0 saturated carbocycles. The fourth-order valence-corrected chi connectivity index (χ4v) is 4.09. The van der Waals surface area contributed by atoms with Gasteiger partial charge in [0.2, 0.25) is 0 Å². The summed E-state index contributed by atoms with van der Waals surface area (Å²) in [7, 11) is 2.07. The van der Waals surface area contributed by atoms with Crippen LogP contribution in [0.5, 0.6) is 0 Å². The molecule has 0 spiro atoms. The third kappa shape index (κ3) is 2.85. The number of nitrogens with zero attached hydrogens (tertiary/aromatic N) is 3. The standard InChI is InChI=1S/C26H21N3O/c1-18-22(26(30)29(27-18)20-13-7-4-8-14-20)17-23-21-15-9-10-16-24(21)28(2)25(23)19-11-5-3-6-12-19/h3-17H,1-2H3. The molecule has 4 heteroatoms. The number of amides is 1. The number of fused-ring (bicyclic) bond motifs is 1. The van der Waals surface area contributed by atoms with E-state index in [9.17, 15) is 4.79 Å². The molecular formula is C26H21N3O. The van der Waals surface area contributed by atoms with Crippen LogP contribution < -0.4 is 5.01 Å². The first-order valence-electron chi connectivity index (χ1n) is 9.95. The fraction of sp³-hybridized carbons (Fsp3) is 0.0769. The summed E-state index contributed by atoms with van der Waals surface area (Å²) in [4.78, 5) is 13.2. The van der Waals surface area contributed by atoms with E-state index in [4.69, 9.17) is 0 Å². The smallest absolute Gasteiger partial charge is 0.280 e. The second-order valence-corrected chi connectivity index (χ2v) is 7.40. The van der Waals surface area contributed by atoms with E-state index in [-0.39, 0.29) is 5.91 Å². The lowest BCUT2D eigenvalue weighted by Gasteiger charge is -2.11. The van der Waals surface area contributed by atoms with Crippen molar-refractivity contribution in [3.8, 4) is 11.3 Å². The molecule has 0 aliphatic carbocycles. The van der Waals surface area contributed by atoms with E-state index in [0.717, 1.165) is 39.1 Å². The number of anilines is 1. The highest BCUT2D eigenvalue weighted by molar-refractivity contribution is 6.32. The van der Waals surface area contributed by atoms with Gasteiger partial charge in [0.15, 0.2) is 0 Å². The summed E-state index contributed by atoms with van der Waals surface area (Å²) in [5.74, 6) is -0.106. The lowest BCUT2D eigenvalue weighted by Crippen LogP contribution is -2.21. The fourth-order valence-electron chi connectivity index (χ4n) is 4.09. The number of hydrogen-bond donors (Lipinski definition) is 0. The highest BCUT2D eigenvalue weighted by Gasteiger charge is 2.29. The SMILES string of the molecule is CC1=NN(c2ccccc2)C(=O)C1=Cc1c(-c2ccccc2)n(C)c2ccccc12. The summed E-state index contributed by atoms with van der Waals surface area (Å²) in [6, 6.07) is 28.1.